The van der Waals surface area contributed by atoms with Crippen molar-refractivity contribution in [2.75, 3.05) is 11.9 Å². The van der Waals surface area contributed by atoms with Gasteiger partial charge in [0.15, 0.2) is 0 Å². The monoisotopic (exact) mass is 248 g/mol. The molecule has 90 valence electrons. The highest BCUT2D eigenvalue weighted by Crippen LogP contribution is 2.15. The third kappa shape index (κ3) is 3.49. The molecule has 0 aliphatic rings. The van der Waals surface area contributed by atoms with E-state index in [0.29, 0.717) is 5.92 Å². The Bertz CT molecular complexity index is 436. The first-order chi connectivity index (χ1) is 8.25. The van der Waals surface area contributed by atoms with Crippen LogP contribution in [0.5, 0.6) is 0 Å². The van der Waals surface area contributed by atoms with Crippen molar-refractivity contribution in [2.45, 2.75) is 26.2 Å². The molecule has 0 aliphatic carbocycles. The van der Waals surface area contributed by atoms with Crippen molar-refractivity contribution in [2.24, 2.45) is 0 Å². The van der Waals surface area contributed by atoms with Crippen LogP contribution in [0.4, 0.5) is 5.13 Å². The molecule has 2 rings (SSSR count). The fourth-order valence-electron chi connectivity index (χ4n) is 1.58. The maximum atomic E-state index is 3.83. The highest BCUT2D eigenvalue weighted by Gasteiger charge is 2.00. The van der Waals surface area contributed by atoms with E-state index in [4.69, 9.17) is 0 Å². The van der Waals surface area contributed by atoms with Gasteiger partial charge in [-0.3, -0.25) is 0 Å². The standard InChI is InChI=1S/C12H16N4S/c1-9(2)11-5-3-10(4-6-11)7-8-13-12-14-15-16-17-12/h3-6,9H,7-8H2,1-2H3,(H,13,14,16). The van der Waals surface area contributed by atoms with Gasteiger partial charge >= 0.3 is 0 Å². The van der Waals surface area contributed by atoms with E-state index in [2.05, 4.69) is 58.2 Å². The number of anilines is 1. The van der Waals surface area contributed by atoms with Crippen molar-refractivity contribution in [3.63, 3.8) is 0 Å². The van der Waals surface area contributed by atoms with E-state index in [-0.39, 0.29) is 0 Å². The molecule has 0 unspecified atom stereocenters. The summed E-state index contributed by atoms with van der Waals surface area (Å²) in [5, 5.41) is 11.3. The zero-order chi connectivity index (χ0) is 12.1. The predicted molar refractivity (Wildman–Crippen MR) is 70.4 cm³/mol. The molecule has 0 saturated carbocycles. The van der Waals surface area contributed by atoms with Gasteiger partial charge in [0.2, 0.25) is 5.13 Å². The van der Waals surface area contributed by atoms with Gasteiger partial charge in [0.25, 0.3) is 0 Å². The lowest BCUT2D eigenvalue weighted by molar-refractivity contribution is 0.864. The third-order valence-corrected chi connectivity index (χ3v) is 3.19. The van der Waals surface area contributed by atoms with Crippen LogP contribution in [0.2, 0.25) is 0 Å². The lowest BCUT2D eigenvalue weighted by Gasteiger charge is -2.07. The summed E-state index contributed by atoms with van der Waals surface area (Å²) in [5.41, 5.74) is 2.72. The van der Waals surface area contributed by atoms with E-state index in [1.54, 1.807) is 0 Å². The fourth-order valence-corrected chi connectivity index (χ4v) is 1.97. The van der Waals surface area contributed by atoms with Gasteiger partial charge in [-0.1, -0.05) is 47.7 Å². The highest BCUT2D eigenvalue weighted by atomic mass is 32.1. The van der Waals surface area contributed by atoms with E-state index in [1.165, 1.54) is 22.7 Å². The molecule has 2 aromatic rings. The Labute approximate surface area is 105 Å². The average molecular weight is 248 g/mol. The minimum atomic E-state index is 0.592. The van der Waals surface area contributed by atoms with E-state index >= 15 is 0 Å². The van der Waals surface area contributed by atoms with E-state index in [0.717, 1.165) is 18.1 Å². The van der Waals surface area contributed by atoms with Crippen LogP contribution in [0.15, 0.2) is 24.3 Å². The molecule has 1 heterocycles. The van der Waals surface area contributed by atoms with Crippen molar-refractivity contribution in [3.05, 3.63) is 35.4 Å². The third-order valence-electron chi connectivity index (χ3n) is 2.64. The Balaban J connectivity index is 1.83. The van der Waals surface area contributed by atoms with Crippen LogP contribution in [0.3, 0.4) is 0 Å². The van der Waals surface area contributed by atoms with Crippen molar-refractivity contribution < 1.29 is 0 Å². The number of rotatable bonds is 5. The Morgan fingerprint density at radius 1 is 1.24 bits per heavy atom. The van der Waals surface area contributed by atoms with Gasteiger partial charge in [-0.05, 0) is 28.7 Å². The molecule has 0 atom stereocenters. The van der Waals surface area contributed by atoms with E-state index in [9.17, 15) is 0 Å². The molecule has 0 spiro atoms. The summed E-state index contributed by atoms with van der Waals surface area (Å²) in [4.78, 5) is 0. The van der Waals surface area contributed by atoms with Crippen molar-refractivity contribution in [1.29, 1.82) is 0 Å². The molecule has 1 aromatic carbocycles. The lowest BCUT2D eigenvalue weighted by Crippen LogP contribution is -2.04. The van der Waals surface area contributed by atoms with Crippen molar-refractivity contribution in [3.8, 4) is 0 Å². The summed E-state index contributed by atoms with van der Waals surface area (Å²) in [6, 6.07) is 8.78. The summed E-state index contributed by atoms with van der Waals surface area (Å²) in [7, 11) is 0. The zero-order valence-electron chi connectivity index (χ0n) is 10.1. The summed E-state index contributed by atoms with van der Waals surface area (Å²) in [5.74, 6) is 0.592. The molecule has 0 saturated heterocycles. The Hall–Kier alpha value is -1.49. The molecule has 0 bridgehead atoms. The number of nitrogens with zero attached hydrogens (tertiary/aromatic N) is 3. The maximum Gasteiger partial charge on any atom is 0.225 e. The second kappa shape index (κ2) is 5.72. The summed E-state index contributed by atoms with van der Waals surface area (Å²) < 4.78 is 3.70. The quantitative estimate of drug-likeness (QED) is 0.884. The van der Waals surface area contributed by atoms with Crippen LogP contribution in [0.25, 0.3) is 0 Å². The van der Waals surface area contributed by atoms with Crippen LogP contribution in [-0.4, -0.2) is 21.3 Å². The van der Waals surface area contributed by atoms with Gasteiger partial charge < -0.3 is 5.32 Å². The smallest absolute Gasteiger partial charge is 0.225 e. The molecule has 5 heteroatoms. The number of hydrogen-bond donors (Lipinski definition) is 1. The molecular weight excluding hydrogens is 232 g/mol. The molecular formula is C12H16N4S. The minimum Gasteiger partial charge on any atom is -0.359 e. The number of benzene rings is 1. The van der Waals surface area contributed by atoms with Crippen LogP contribution in [0.1, 0.15) is 30.9 Å². The second-order valence-electron chi connectivity index (χ2n) is 4.24. The maximum absolute atomic E-state index is 3.83. The fraction of sp³-hybridized carbons (Fsp3) is 0.417. The zero-order valence-corrected chi connectivity index (χ0v) is 10.9. The first-order valence-electron chi connectivity index (χ1n) is 5.73. The molecule has 4 nitrogen and oxygen atoms in total. The molecule has 0 radical (unpaired) electrons. The second-order valence-corrected chi connectivity index (χ2v) is 4.97. The molecule has 1 aromatic heterocycles. The van der Waals surface area contributed by atoms with Crippen LogP contribution < -0.4 is 5.32 Å². The number of hydrogen-bond acceptors (Lipinski definition) is 5. The highest BCUT2D eigenvalue weighted by molar-refractivity contribution is 7.09. The molecule has 0 amide bonds. The first kappa shape index (κ1) is 12.0. The molecule has 0 aliphatic heterocycles. The lowest BCUT2D eigenvalue weighted by atomic mass is 10.0. The van der Waals surface area contributed by atoms with Crippen molar-refractivity contribution >= 4 is 16.7 Å². The topological polar surface area (TPSA) is 50.7 Å². The van der Waals surface area contributed by atoms with E-state index < -0.39 is 0 Å². The average Bonchev–Trinajstić information content (AvgIpc) is 2.83. The Morgan fingerprint density at radius 3 is 2.59 bits per heavy atom. The van der Waals surface area contributed by atoms with Crippen LogP contribution in [-0.2, 0) is 6.42 Å². The summed E-state index contributed by atoms with van der Waals surface area (Å²) in [6.07, 6.45) is 0.984. The first-order valence-corrected chi connectivity index (χ1v) is 6.51. The number of aromatic nitrogens is 3. The van der Waals surface area contributed by atoms with Gasteiger partial charge in [0, 0.05) is 18.1 Å². The number of nitrogens with one attached hydrogen (secondary N) is 1. The molecule has 0 fully saturated rings. The molecule has 1 N–H and O–H groups in total. The minimum absolute atomic E-state index is 0.592. The normalized spacial score (nSPS) is 10.8. The predicted octanol–water partition coefficient (Wildman–Crippen LogP) is 2.71. The Morgan fingerprint density at radius 2 is 2.00 bits per heavy atom. The van der Waals surface area contributed by atoms with Crippen LogP contribution in [0, 0.1) is 0 Å². The van der Waals surface area contributed by atoms with Gasteiger partial charge in [0.05, 0.1) is 0 Å². The summed E-state index contributed by atoms with van der Waals surface area (Å²) in [6.45, 7) is 5.27. The SMILES string of the molecule is CC(C)c1ccc(CCNc2nnns2)cc1. The van der Waals surface area contributed by atoms with E-state index in [1.807, 2.05) is 0 Å². The van der Waals surface area contributed by atoms with Gasteiger partial charge in [-0.15, -0.1) is 0 Å². The molecule has 17 heavy (non-hydrogen) atoms. The Kier molecular flexibility index (Phi) is 4.03. The summed E-state index contributed by atoms with van der Waals surface area (Å²) >= 11 is 1.28. The largest absolute Gasteiger partial charge is 0.359 e. The van der Waals surface area contributed by atoms with Gasteiger partial charge in [-0.2, -0.15) is 0 Å². The van der Waals surface area contributed by atoms with Crippen LogP contribution >= 0.6 is 11.5 Å². The van der Waals surface area contributed by atoms with Gasteiger partial charge in [-0.25, -0.2) is 0 Å². The van der Waals surface area contributed by atoms with Gasteiger partial charge in [0.1, 0.15) is 0 Å². The van der Waals surface area contributed by atoms with Crippen molar-refractivity contribution in [1.82, 2.24) is 14.8 Å².